The highest BCUT2D eigenvalue weighted by Crippen LogP contribution is 2.20. The maximum Gasteiger partial charge on any atom is 0.261 e. The number of amides is 2. The third-order valence-corrected chi connectivity index (χ3v) is 5.21. The normalized spacial score (nSPS) is 11.6. The molecule has 0 spiro atoms. The highest BCUT2D eigenvalue weighted by atomic mass is 79.9. The number of carbonyl (C=O) groups is 2. The quantitative estimate of drug-likeness (QED) is 0.603. The van der Waals surface area contributed by atoms with E-state index in [1.807, 2.05) is 63.2 Å². The molecular formula is C23H29BrN2O3. The van der Waals surface area contributed by atoms with E-state index in [0.717, 1.165) is 27.6 Å². The zero-order chi connectivity index (χ0) is 21.4. The second-order valence-electron chi connectivity index (χ2n) is 7.17. The number of halogens is 1. The highest BCUT2D eigenvalue weighted by molar-refractivity contribution is 9.10. The minimum atomic E-state index is -0.597. The smallest absolute Gasteiger partial charge is 0.261 e. The minimum Gasteiger partial charge on any atom is -0.483 e. The molecule has 5 nitrogen and oxygen atoms in total. The van der Waals surface area contributed by atoms with Gasteiger partial charge in [0, 0.05) is 17.6 Å². The number of aryl methyl sites for hydroxylation is 2. The van der Waals surface area contributed by atoms with E-state index in [0.29, 0.717) is 18.8 Å². The zero-order valence-electron chi connectivity index (χ0n) is 17.5. The summed E-state index contributed by atoms with van der Waals surface area (Å²) in [6, 6.07) is 13.0. The van der Waals surface area contributed by atoms with E-state index in [-0.39, 0.29) is 18.4 Å². The molecule has 0 aliphatic carbocycles. The SMILES string of the molecule is CCCNC(=O)[C@@H](C)N(Cc1ccc(Br)cc1)C(=O)COc1cc(C)ccc1C. The van der Waals surface area contributed by atoms with E-state index < -0.39 is 6.04 Å². The monoisotopic (exact) mass is 460 g/mol. The van der Waals surface area contributed by atoms with Crippen molar-refractivity contribution in [3.8, 4) is 5.75 Å². The van der Waals surface area contributed by atoms with E-state index in [1.165, 1.54) is 0 Å². The number of nitrogens with one attached hydrogen (secondary N) is 1. The van der Waals surface area contributed by atoms with E-state index in [9.17, 15) is 9.59 Å². The van der Waals surface area contributed by atoms with Crippen LogP contribution in [0.5, 0.6) is 5.75 Å². The van der Waals surface area contributed by atoms with Crippen LogP contribution < -0.4 is 10.1 Å². The molecule has 1 atom stereocenters. The molecule has 29 heavy (non-hydrogen) atoms. The van der Waals surface area contributed by atoms with Crippen LogP contribution in [-0.2, 0) is 16.1 Å². The van der Waals surface area contributed by atoms with Gasteiger partial charge in [0.25, 0.3) is 5.91 Å². The van der Waals surface area contributed by atoms with Crippen molar-refractivity contribution in [2.24, 2.45) is 0 Å². The number of benzene rings is 2. The van der Waals surface area contributed by atoms with Crippen molar-refractivity contribution in [2.75, 3.05) is 13.2 Å². The van der Waals surface area contributed by atoms with Crippen LogP contribution in [0.4, 0.5) is 0 Å². The van der Waals surface area contributed by atoms with Gasteiger partial charge in [0.2, 0.25) is 5.91 Å². The molecule has 2 amide bonds. The van der Waals surface area contributed by atoms with Crippen molar-refractivity contribution in [3.63, 3.8) is 0 Å². The van der Waals surface area contributed by atoms with Gasteiger partial charge in [-0.15, -0.1) is 0 Å². The van der Waals surface area contributed by atoms with Crippen LogP contribution in [0.3, 0.4) is 0 Å². The summed E-state index contributed by atoms with van der Waals surface area (Å²) in [6.07, 6.45) is 0.842. The predicted octanol–water partition coefficient (Wildman–Crippen LogP) is 4.39. The number of nitrogens with zero attached hydrogens (tertiary/aromatic N) is 1. The van der Waals surface area contributed by atoms with Crippen molar-refractivity contribution < 1.29 is 14.3 Å². The van der Waals surface area contributed by atoms with Crippen LogP contribution in [0, 0.1) is 13.8 Å². The summed E-state index contributed by atoms with van der Waals surface area (Å²) in [5.74, 6) is 0.294. The average Bonchev–Trinajstić information content (AvgIpc) is 2.71. The summed E-state index contributed by atoms with van der Waals surface area (Å²) in [7, 11) is 0. The predicted molar refractivity (Wildman–Crippen MR) is 119 cm³/mol. The molecule has 0 unspecified atom stereocenters. The van der Waals surface area contributed by atoms with Gasteiger partial charge in [0.05, 0.1) is 0 Å². The van der Waals surface area contributed by atoms with Crippen LogP contribution in [-0.4, -0.2) is 35.9 Å². The highest BCUT2D eigenvalue weighted by Gasteiger charge is 2.26. The van der Waals surface area contributed by atoms with Crippen molar-refractivity contribution in [1.29, 1.82) is 0 Å². The molecule has 2 aromatic carbocycles. The van der Waals surface area contributed by atoms with E-state index in [4.69, 9.17) is 4.74 Å². The minimum absolute atomic E-state index is 0.119. The Balaban J connectivity index is 2.15. The number of ether oxygens (including phenoxy) is 1. The lowest BCUT2D eigenvalue weighted by Gasteiger charge is -2.29. The molecule has 0 aliphatic heterocycles. The molecule has 0 heterocycles. The van der Waals surface area contributed by atoms with E-state index in [1.54, 1.807) is 11.8 Å². The molecule has 0 aromatic heterocycles. The fourth-order valence-corrected chi connectivity index (χ4v) is 3.11. The van der Waals surface area contributed by atoms with Crippen LogP contribution in [0.25, 0.3) is 0 Å². The molecule has 0 radical (unpaired) electrons. The standard InChI is InChI=1S/C23H29BrN2O3/c1-5-12-25-23(28)18(4)26(14-19-8-10-20(24)11-9-19)22(27)15-29-21-13-16(2)6-7-17(21)3/h6-11,13,18H,5,12,14-15H2,1-4H3,(H,25,28)/t18-/m1/s1. The second-order valence-corrected chi connectivity index (χ2v) is 8.09. The zero-order valence-corrected chi connectivity index (χ0v) is 19.1. The van der Waals surface area contributed by atoms with E-state index >= 15 is 0 Å². The summed E-state index contributed by atoms with van der Waals surface area (Å²) in [5, 5.41) is 2.87. The van der Waals surface area contributed by atoms with Crippen LogP contribution in [0.1, 0.15) is 37.0 Å². The van der Waals surface area contributed by atoms with Gasteiger partial charge in [-0.25, -0.2) is 0 Å². The molecule has 1 N–H and O–H groups in total. The number of hydrogen-bond donors (Lipinski definition) is 1. The maximum atomic E-state index is 13.0. The Kier molecular flexibility index (Phi) is 8.70. The molecule has 156 valence electrons. The van der Waals surface area contributed by atoms with Gasteiger partial charge in [0.1, 0.15) is 11.8 Å². The number of carbonyl (C=O) groups excluding carboxylic acids is 2. The fourth-order valence-electron chi connectivity index (χ4n) is 2.85. The Labute approximate surface area is 181 Å². The van der Waals surface area contributed by atoms with Crippen molar-refractivity contribution in [2.45, 2.75) is 46.7 Å². The summed E-state index contributed by atoms with van der Waals surface area (Å²) in [5.41, 5.74) is 2.98. The van der Waals surface area contributed by atoms with Crippen molar-refractivity contribution >= 4 is 27.7 Å². The molecule has 0 fully saturated rings. The topological polar surface area (TPSA) is 58.6 Å². The number of hydrogen-bond acceptors (Lipinski definition) is 3. The Morgan fingerprint density at radius 3 is 2.48 bits per heavy atom. The third kappa shape index (κ3) is 6.89. The molecule has 0 aliphatic rings. The van der Waals surface area contributed by atoms with Gasteiger partial charge >= 0.3 is 0 Å². The first-order chi connectivity index (χ1) is 13.8. The average molecular weight is 461 g/mol. The van der Waals surface area contributed by atoms with Gasteiger partial charge in [-0.2, -0.15) is 0 Å². The molecule has 2 rings (SSSR count). The second kappa shape index (κ2) is 11.0. The maximum absolute atomic E-state index is 13.0. The van der Waals surface area contributed by atoms with Crippen LogP contribution >= 0.6 is 15.9 Å². The molecule has 2 aromatic rings. The molecule has 0 bridgehead atoms. The largest absolute Gasteiger partial charge is 0.483 e. The van der Waals surface area contributed by atoms with Crippen LogP contribution in [0.2, 0.25) is 0 Å². The fraction of sp³-hybridized carbons (Fsp3) is 0.391. The number of rotatable bonds is 9. The van der Waals surface area contributed by atoms with Gasteiger partial charge in [-0.3, -0.25) is 9.59 Å². The summed E-state index contributed by atoms with van der Waals surface area (Å²) >= 11 is 3.42. The van der Waals surface area contributed by atoms with Crippen molar-refractivity contribution in [3.05, 3.63) is 63.6 Å². The Morgan fingerprint density at radius 1 is 1.14 bits per heavy atom. The lowest BCUT2D eigenvalue weighted by Crippen LogP contribution is -2.49. The first-order valence-electron chi connectivity index (χ1n) is 9.83. The molecular weight excluding hydrogens is 432 g/mol. The van der Waals surface area contributed by atoms with Gasteiger partial charge in [-0.05, 0) is 62.1 Å². The lowest BCUT2D eigenvalue weighted by molar-refractivity contribution is -0.142. The van der Waals surface area contributed by atoms with Crippen molar-refractivity contribution in [1.82, 2.24) is 10.2 Å². The Morgan fingerprint density at radius 2 is 1.83 bits per heavy atom. The lowest BCUT2D eigenvalue weighted by atomic mass is 10.1. The summed E-state index contributed by atoms with van der Waals surface area (Å²) in [4.78, 5) is 27.1. The summed E-state index contributed by atoms with van der Waals surface area (Å²) < 4.78 is 6.76. The first-order valence-corrected chi connectivity index (χ1v) is 10.6. The summed E-state index contributed by atoms with van der Waals surface area (Å²) in [6.45, 7) is 8.47. The van der Waals surface area contributed by atoms with Gasteiger partial charge < -0.3 is 15.0 Å². The molecule has 0 saturated carbocycles. The van der Waals surface area contributed by atoms with Crippen LogP contribution in [0.15, 0.2) is 46.9 Å². The molecule has 0 saturated heterocycles. The van der Waals surface area contributed by atoms with E-state index in [2.05, 4.69) is 21.2 Å². The Hall–Kier alpha value is -2.34. The first kappa shape index (κ1) is 22.9. The van der Waals surface area contributed by atoms with Gasteiger partial charge in [-0.1, -0.05) is 47.1 Å². The van der Waals surface area contributed by atoms with Gasteiger partial charge in [0.15, 0.2) is 6.61 Å². The Bertz CT molecular complexity index is 837. The molecule has 6 heteroatoms. The third-order valence-electron chi connectivity index (χ3n) is 4.68.